The van der Waals surface area contributed by atoms with Crippen molar-refractivity contribution in [1.29, 1.82) is 0 Å². The highest BCUT2D eigenvalue weighted by atomic mass is 16.2. The predicted octanol–water partition coefficient (Wildman–Crippen LogP) is -0.0652. The molecule has 0 aromatic heterocycles. The Hall–Kier alpha value is -1.39. The molecular formula is C4H7N3O2. The van der Waals surface area contributed by atoms with Crippen molar-refractivity contribution in [2.24, 2.45) is 10.9 Å². The van der Waals surface area contributed by atoms with E-state index in [1.807, 2.05) is 0 Å². The molecule has 3 N–H and O–H groups in total. The van der Waals surface area contributed by atoms with E-state index in [0.29, 0.717) is 0 Å². The number of urea groups is 1. The Morgan fingerprint density at radius 3 is 2.89 bits per heavy atom. The van der Waals surface area contributed by atoms with Crippen LogP contribution in [-0.4, -0.2) is 12.6 Å². The van der Waals surface area contributed by atoms with Gasteiger partial charge in [0.25, 0.3) is 0 Å². The minimum atomic E-state index is -0.620. The molecule has 0 aromatic rings. The maximum Gasteiger partial charge on any atom is 0.312 e. The largest absolute Gasteiger partial charge is 0.352 e. The van der Waals surface area contributed by atoms with Gasteiger partial charge < -0.3 is 11.1 Å². The van der Waals surface area contributed by atoms with E-state index in [-0.39, 0.29) is 6.54 Å². The Morgan fingerprint density at radius 1 is 1.78 bits per heavy atom. The molecule has 0 rings (SSSR count). The fourth-order valence-electron chi connectivity index (χ4n) is 0.255. The van der Waals surface area contributed by atoms with E-state index < -0.39 is 6.03 Å². The molecule has 0 aromatic carbocycles. The molecule has 0 bridgehead atoms. The third-order valence-electron chi connectivity index (χ3n) is 0.560. The van der Waals surface area contributed by atoms with Crippen molar-refractivity contribution in [1.82, 2.24) is 5.32 Å². The lowest BCUT2D eigenvalue weighted by molar-refractivity contribution is 0.250. The summed E-state index contributed by atoms with van der Waals surface area (Å²) in [6.45, 7) is 0.237. The molecule has 0 unspecified atom stereocenters. The van der Waals surface area contributed by atoms with Crippen molar-refractivity contribution in [3.05, 3.63) is 17.2 Å². The van der Waals surface area contributed by atoms with Crippen molar-refractivity contribution >= 4 is 6.03 Å². The van der Waals surface area contributed by atoms with Crippen molar-refractivity contribution in [3.8, 4) is 0 Å². The third kappa shape index (κ3) is 6.61. The van der Waals surface area contributed by atoms with Crippen LogP contribution in [0.15, 0.2) is 17.5 Å². The normalized spacial score (nSPS) is 9.33. The Morgan fingerprint density at radius 2 is 2.44 bits per heavy atom. The molecule has 9 heavy (non-hydrogen) atoms. The van der Waals surface area contributed by atoms with Crippen LogP contribution in [0.25, 0.3) is 0 Å². The second-order valence-corrected chi connectivity index (χ2v) is 1.24. The fourth-order valence-corrected chi connectivity index (χ4v) is 0.255. The van der Waals surface area contributed by atoms with Crippen LogP contribution in [0.2, 0.25) is 0 Å². The summed E-state index contributed by atoms with van der Waals surface area (Å²) < 4.78 is 0. The van der Waals surface area contributed by atoms with Crippen LogP contribution in [0.5, 0.6) is 0 Å². The van der Waals surface area contributed by atoms with E-state index in [0.717, 1.165) is 6.20 Å². The molecule has 5 nitrogen and oxygen atoms in total. The van der Waals surface area contributed by atoms with E-state index in [2.05, 4.69) is 16.2 Å². The Bertz CT molecular complexity index is 132. The Balaban J connectivity index is 3.19. The number of carbonyl (C=O) groups is 1. The first kappa shape index (κ1) is 7.61. The number of nitroso groups, excluding NO2 is 1. The van der Waals surface area contributed by atoms with Gasteiger partial charge in [-0.3, -0.25) is 0 Å². The number of nitrogens with two attached hydrogens (primary N) is 1. The monoisotopic (exact) mass is 129 g/mol. The lowest BCUT2D eigenvalue weighted by Gasteiger charge is -1.90. The molecular weight excluding hydrogens is 122 g/mol. The first-order chi connectivity index (χ1) is 4.27. The third-order valence-corrected chi connectivity index (χ3v) is 0.560. The highest BCUT2D eigenvalue weighted by molar-refractivity contribution is 5.71. The van der Waals surface area contributed by atoms with E-state index in [1.54, 1.807) is 0 Å². The first-order valence-electron chi connectivity index (χ1n) is 2.28. The molecule has 50 valence electrons. The van der Waals surface area contributed by atoms with Crippen LogP contribution >= 0.6 is 0 Å². The summed E-state index contributed by atoms with van der Waals surface area (Å²) in [5.74, 6) is 0. The SMILES string of the molecule is NC(=O)NCC=CN=O. The van der Waals surface area contributed by atoms with Crippen molar-refractivity contribution in [3.63, 3.8) is 0 Å². The molecule has 0 aliphatic heterocycles. The summed E-state index contributed by atoms with van der Waals surface area (Å²) in [5.41, 5.74) is 4.68. The second kappa shape index (κ2) is 4.76. The van der Waals surface area contributed by atoms with Gasteiger partial charge in [-0.15, -0.1) is 4.91 Å². The lowest BCUT2D eigenvalue weighted by atomic mass is 10.6. The molecule has 0 fully saturated rings. The highest BCUT2D eigenvalue weighted by Crippen LogP contribution is 1.69. The van der Waals surface area contributed by atoms with Gasteiger partial charge in [-0.1, -0.05) is 0 Å². The zero-order valence-corrected chi connectivity index (χ0v) is 4.70. The summed E-state index contributed by atoms with van der Waals surface area (Å²) in [6, 6.07) is -0.620. The molecule has 5 heteroatoms. The van der Waals surface area contributed by atoms with Gasteiger partial charge in [0, 0.05) is 6.54 Å². The van der Waals surface area contributed by atoms with Gasteiger partial charge in [-0.2, -0.15) is 0 Å². The standard InChI is InChI=1S/C4H7N3O2/c5-4(8)6-2-1-3-7-9/h1,3H,2H2,(H3,5,6,8). The number of amides is 2. The molecule has 0 saturated heterocycles. The molecule has 0 radical (unpaired) electrons. The molecule has 2 amide bonds. The molecule has 0 saturated carbocycles. The zero-order valence-electron chi connectivity index (χ0n) is 4.70. The lowest BCUT2D eigenvalue weighted by Crippen LogP contribution is -2.29. The topological polar surface area (TPSA) is 84.6 Å². The number of nitrogens with zero attached hydrogens (tertiary/aromatic N) is 1. The van der Waals surface area contributed by atoms with Gasteiger partial charge in [0.1, 0.15) is 0 Å². The molecule has 0 aliphatic carbocycles. The number of carbonyl (C=O) groups excluding carboxylic acids is 1. The van der Waals surface area contributed by atoms with Crippen molar-refractivity contribution in [2.45, 2.75) is 0 Å². The van der Waals surface area contributed by atoms with Gasteiger partial charge in [0.15, 0.2) is 0 Å². The molecule has 0 atom stereocenters. The van der Waals surface area contributed by atoms with E-state index in [1.165, 1.54) is 6.08 Å². The van der Waals surface area contributed by atoms with Gasteiger partial charge in [-0.05, 0) is 11.3 Å². The summed E-state index contributed by atoms with van der Waals surface area (Å²) in [7, 11) is 0. The van der Waals surface area contributed by atoms with Crippen LogP contribution in [-0.2, 0) is 0 Å². The average Bonchev–Trinajstić information content (AvgIpc) is 1.80. The van der Waals surface area contributed by atoms with Crippen molar-refractivity contribution in [2.75, 3.05) is 6.54 Å². The van der Waals surface area contributed by atoms with Crippen LogP contribution in [0.3, 0.4) is 0 Å². The van der Waals surface area contributed by atoms with Crippen LogP contribution in [0.1, 0.15) is 0 Å². The average molecular weight is 129 g/mol. The summed E-state index contributed by atoms with van der Waals surface area (Å²) in [4.78, 5) is 19.3. The molecule has 0 spiro atoms. The smallest absolute Gasteiger partial charge is 0.312 e. The number of hydrogen-bond donors (Lipinski definition) is 2. The van der Waals surface area contributed by atoms with Crippen LogP contribution in [0.4, 0.5) is 4.79 Å². The minimum absolute atomic E-state index is 0.237. The summed E-state index contributed by atoms with van der Waals surface area (Å²) in [6.07, 6.45) is 2.42. The van der Waals surface area contributed by atoms with E-state index in [9.17, 15) is 9.70 Å². The van der Waals surface area contributed by atoms with E-state index >= 15 is 0 Å². The number of rotatable bonds is 3. The van der Waals surface area contributed by atoms with Crippen molar-refractivity contribution < 1.29 is 4.79 Å². The Labute approximate surface area is 51.9 Å². The summed E-state index contributed by atoms with van der Waals surface area (Å²) in [5, 5.41) is 4.64. The maximum atomic E-state index is 9.93. The number of nitrogens with one attached hydrogen (secondary N) is 1. The maximum absolute atomic E-state index is 9.93. The first-order valence-corrected chi connectivity index (χ1v) is 2.28. The highest BCUT2D eigenvalue weighted by Gasteiger charge is 1.83. The molecule has 0 heterocycles. The minimum Gasteiger partial charge on any atom is -0.352 e. The van der Waals surface area contributed by atoms with Crippen LogP contribution in [0, 0.1) is 4.91 Å². The summed E-state index contributed by atoms with van der Waals surface area (Å²) >= 11 is 0. The van der Waals surface area contributed by atoms with Gasteiger partial charge >= 0.3 is 6.03 Å². The quantitative estimate of drug-likeness (QED) is 0.523. The van der Waals surface area contributed by atoms with Gasteiger partial charge in [0.2, 0.25) is 0 Å². The zero-order chi connectivity index (χ0) is 7.11. The van der Waals surface area contributed by atoms with Gasteiger partial charge in [0.05, 0.1) is 6.20 Å². The van der Waals surface area contributed by atoms with Gasteiger partial charge in [-0.25, -0.2) is 4.79 Å². The number of hydrogen-bond acceptors (Lipinski definition) is 3. The fraction of sp³-hybridized carbons (Fsp3) is 0.250. The van der Waals surface area contributed by atoms with E-state index in [4.69, 9.17) is 0 Å². The van der Waals surface area contributed by atoms with Crippen LogP contribution < -0.4 is 11.1 Å². The predicted molar refractivity (Wildman–Crippen MR) is 32.5 cm³/mol. The molecule has 0 aliphatic rings. The Kier molecular flexibility index (Phi) is 4.03. The number of primary amides is 1. The second-order valence-electron chi connectivity index (χ2n) is 1.24.